The maximum atomic E-state index is 14.8. The molecule has 0 saturated carbocycles. The van der Waals surface area contributed by atoms with Gasteiger partial charge in [0.05, 0.1) is 23.3 Å². The Morgan fingerprint density at radius 1 is 1.35 bits per heavy atom. The lowest BCUT2D eigenvalue weighted by Crippen LogP contribution is -2.46. The average Bonchev–Trinajstić information content (AvgIpc) is 2.90. The minimum absolute atomic E-state index is 0.0126. The molecule has 0 bridgehead atoms. The van der Waals surface area contributed by atoms with E-state index >= 15 is 0 Å². The summed E-state index contributed by atoms with van der Waals surface area (Å²) in [5, 5.41) is 3.04. The monoisotopic (exact) mass is 328 g/mol. The largest absolute Gasteiger partial charge is 0.372 e. The molecular weight excluding hydrogens is 313 g/mol. The summed E-state index contributed by atoms with van der Waals surface area (Å²) in [6.45, 7) is 4.43. The number of halogens is 3. The first kappa shape index (κ1) is 15.8. The number of anilines is 1. The quantitative estimate of drug-likeness (QED) is 0.809. The van der Waals surface area contributed by atoms with Gasteiger partial charge in [0, 0.05) is 18.7 Å². The van der Waals surface area contributed by atoms with Crippen molar-refractivity contribution >= 4 is 22.9 Å². The van der Waals surface area contributed by atoms with Crippen molar-refractivity contribution in [1.29, 1.82) is 0 Å². The predicted molar refractivity (Wildman–Crippen MR) is 76.5 cm³/mol. The second-order valence-corrected chi connectivity index (χ2v) is 5.65. The van der Waals surface area contributed by atoms with E-state index in [9.17, 15) is 18.0 Å². The van der Waals surface area contributed by atoms with Crippen LogP contribution in [0.3, 0.4) is 0 Å². The maximum Gasteiger partial charge on any atom is 0.284 e. The van der Waals surface area contributed by atoms with E-state index < -0.39 is 17.9 Å². The standard InChI is InChI=1S/C15H15F3N2O3/c1-7-4-20(5-8(2)22-7)13-9(6-21)3-10-12(15(17)18)19-23-14(10)11(13)16/h3,6-8,15H,4-5H2,1-2H3/t7-,8+. The minimum atomic E-state index is -2.91. The summed E-state index contributed by atoms with van der Waals surface area (Å²) in [7, 11) is 0. The summed E-state index contributed by atoms with van der Waals surface area (Å²) in [6.07, 6.45) is -2.77. The molecule has 0 amide bonds. The van der Waals surface area contributed by atoms with E-state index in [1.807, 2.05) is 13.8 Å². The van der Waals surface area contributed by atoms with Gasteiger partial charge in [-0.2, -0.15) is 0 Å². The number of fused-ring (bicyclic) bond motifs is 1. The summed E-state index contributed by atoms with van der Waals surface area (Å²) in [5.41, 5.74) is -1.02. The van der Waals surface area contributed by atoms with Crippen LogP contribution in [0, 0.1) is 5.82 Å². The summed E-state index contributed by atoms with van der Waals surface area (Å²) in [6, 6.07) is 1.20. The van der Waals surface area contributed by atoms with E-state index in [1.165, 1.54) is 6.07 Å². The zero-order valence-electron chi connectivity index (χ0n) is 12.6. The van der Waals surface area contributed by atoms with Gasteiger partial charge in [0.25, 0.3) is 6.43 Å². The molecule has 23 heavy (non-hydrogen) atoms. The van der Waals surface area contributed by atoms with Gasteiger partial charge in [-0.15, -0.1) is 0 Å². The number of alkyl halides is 2. The highest BCUT2D eigenvalue weighted by atomic mass is 19.3. The van der Waals surface area contributed by atoms with Crippen LogP contribution in [-0.4, -0.2) is 36.7 Å². The van der Waals surface area contributed by atoms with Crippen molar-refractivity contribution in [2.75, 3.05) is 18.0 Å². The first-order valence-corrected chi connectivity index (χ1v) is 7.17. The van der Waals surface area contributed by atoms with Crippen LogP contribution in [0.15, 0.2) is 10.6 Å². The van der Waals surface area contributed by atoms with Crippen molar-refractivity contribution in [3.05, 3.63) is 23.1 Å². The van der Waals surface area contributed by atoms with Gasteiger partial charge in [0.15, 0.2) is 17.8 Å². The second-order valence-electron chi connectivity index (χ2n) is 5.65. The Labute approximate surface area is 130 Å². The highest BCUT2D eigenvalue weighted by Crippen LogP contribution is 2.36. The van der Waals surface area contributed by atoms with Crippen LogP contribution in [0.4, 0.5) is 18.9 Å². The second kappa shape index (κ2) is 5.84. The van der Waals surface area contributed by atoms with Crippen LogP contribution in [0.1, 0.15) is 36.3 Å². The van der Waals surface area contributed by atoms with Gasteiger partial charge >= 0.3 is 0 Å². The van der Waals surface area contributed by atoms with Crippen molar-refractivity contribution in [2.45, 2.75) is 32.5 Å². The Hall–Kier alpha value is -2.09. The van der Waals surface area contributed by atoms with Crippen LogP contribution in [0.25, 0.3) is 11.0 Å². The molecule has 0 aliphatic carbocycles. The lowest BCUT2D eigenvalue weighted by atomic mass is 10.1. The molecule has 8 heteroatoms. The average molecular weight is 328 g/mol. The van der Waals surface area contributed by atoms with E-state index in [-0.39, 0.29) is 34.4 Å². The van der Waals surface area contributed by atoms with Gasteiger partial charge in [-0.1, -0.05) is 5.16 Å². The third-order valence-corrected chi connectivity index (χ3v) is 3.81. The Bertz CT molecular complexity index is 737. The van der Waals surface area contributed by atoms with E-state index in [2.05, 4.69) is 5.16 Å². The number of nitrogens with zero attached hydrogens (tertiary/aromatic N) is 2. The molecule has 1 aliphatic rings. The molecule has 0 spiro atoms. The molecule has 124 valence electrons. The SMILES string of the molecule is C[C@@H]1CN(c2c(C=O)cc3c(C(F)F)noc3c2F)C[C@H](C)O1. The zero-order valence-corrected chi connectivity index (χ0v) is 12.6. The third kappa shape index (κ3) is 2.67. The van der Waals surface area contributed by atoms with Crippen LogP contribution < -0.4 is 4.90 Å². The van der Waals surface area contributed by atoms with Gasteiger partial charge in [-0.3, -0.25) is 4.79 Å². The number of carbonyl (C=O) groups excluding carboxylic acids is 1. The number of benzene rings is 1. The van der Waals surface area contributed by atoms with Gasteiger partial charge < -0.3 is 14.2 Å². The fourth-order valence-electron chi connectivity index (χ4n) is 2.99. The molecule has 1 aliphatic heterocycles. The van der Waals surface area contributed by atoms with Crippen molar-refractivity contribution in [3.63, 3.8) is 0 Å². The van der Waals surface area contributed by atoms with Crippen molar-refractivity contribution in [3.8, 4) is 0 Å². The smallest absolute Gasteiger partial charge is 0.284 e. The van der Waals surface area contributed by atoms with E-state index in [0.29, 0.717) is 19.4 Å². The Balaban J connectivity index is 2.16. The highest BCUT2D eigenvalue weighted by Gasteiger charge is 2.30. The van der Waals surface area contributed by atoms with Crippen LogP contribution in [-0.2, 0) is 4.74 Å². The number of aldehydes is 1. The lowest BCUT2D eigenvalue weighted by Gasteiger charge is -2.37. The number of aromatic nitrogens is 1. The molecule has 2 heterocycles. The van der Waals surface area contributed by atoms with Gasteiger partial charge in [0.1, 0.15) is 0 Å². The summed E-state index contributed by atoms with van der Waals surface area (Å²) >= 11 is 0. The maximum absolute atomic E-state index is 14.8. The van der Waals surface area contributed by atoms with Crippen LogP contribution >= 0.6 is 0 Å². The van der Waals surface area contributed by atoms with Gasteiger partial charge in [-0.05, 0) is 19.9 Å². The summed E-state index contributed by atoms with van der Waals surface area (Å²) < 4.78 is 50.9. The Morgan fingerprint density at radius 3 is 2.57 bits per heavy atom. The molecule has 3 rings (SSSR count). The highest BCUT2D eigenvalue weighted by molar-refractivity contribution is 5.95. The van der Waals surface area contributed by atoms with Crippen molar-refractivity contribution < 1.29 is 27.2 Å². The fraction of sp³-hybridized carbons (Fsp3) is 0.467. The third-order valence-electron chi connectivity index (χ3n) is 3.81. The molecule has 2 atom stereocenters. The van der Waals surface area contributed by atoms with Crippen LogP contribution in [0.2, 0.25) is 0 Å². The van der Waals surface area contributed by atoms with Crippen molar-refractivity contribution in [2.24, 2.45) is 0 Å². The zero-order chi connectivity index (χ0) is 16.7. The predicted octanol–water partition coefficient (Wildman–Crippen LogP) is 3.33. The molecular formula is C15H15F3N2O3. The number of rotatable bonds is 3. The van der Waals surface area contributed by atoms with Crippen LogP contribution in [0.5, 0.6) is 0 Å². The normalized spacial score (nSPS) is 22.1. The molecule has 2 aromatic rings. The van der Waals surface area contributed by atoms with Gasteiger partial charge in [-0.25, -0.2) is 13.2 Å². The number of ether oxygens (including phenoxy) is 1. The Morgan fingerprint density at radius 2 is 2.00 bits per heavy atom. The fourth-order valence-corrected chi connectivity index (χ4v) is 2.99. The number of hydrogen-bond donors (Lipinski definition) is 0. The van der Waals surface area contributed by atoms with Crippen molar-refractivity contribution in [1.82, 2.24) is 5.16 Å². The van der Waals surface area contributed by atoms with E-state index in [0.717, 1.165) is 0 Å². The molecule has 1 aromatic heterocycles. The van der Waals surface area contributed by atoms with E-state index in [4.69, 9.17) is 9.26 Å². The number of morpholine rings is 1. The first-order valence-electron chi connectivity index (χ1n) is 7.17. The lowest BCUT2D eigenvalue weighted by molar-refractivity contribution is -0.00543. The summed E-state index contributed by atoms with van der Waals surface area (Å²) in [5.74, 6) is -0.856. The van der Waals surface area contributed by atoms with E-state index in [1.54, 1.807) is 4.90 Å². The number of hydrogen-bond acceptors (Lipinski definition) is 5. The molecule has 5 nitrogen and oxygen atoms in total. The minimum Gasteiger partial charge on any atom is -0.372 e. The first-order chi connectivity index (χ1) is 10.9. The Kier molecular flexibility index (Phi) is 4.01. The number of carbonyl (C=O) groups is 1. The van der Waals surface area contributed by atoms with Gasteiger partial charge in [0.2, 0.25) is 5.58 Å². The molecule has 1 aromatic carbocycles. The molecule has 0 N–H and O–H groups in total. The molecule has 0 radical (unpaired) electrons. The summed E-state index contributed by atoms with van der Waals surface area (Å²) in [4.78, 5) is 13.0. The molecule has 1 saturated heterocycles. The molecule has 0 unspecified atom stereocenters. The molecule has 1 fully saturated rings. The topological polar surface area (TPSA) is 55.6 Å².